The number of nitrogen functional groups attached to an aromatic ring is 1. The first-order chi connectivity index (χ1) is 8.75. The molecule has 0 amide bonds. The molecule has 0 fully saturated rings. The first-order valence-corrected chi connectivity index (χ1v) is 5.64. The van der Waals surface area contributed by atoms with Gasteiger partial charge in [0.1, 0.15) is 5.82 Å². The van der Waals surface area contributed by atoms with Gasteiger partial charge < -0.3 is 5.73 Å². The fourth-order valence-electron chi connectivity index (χ4n) is 2.07. The highest BCUT2D eigenvalue weighted by Gasteiger charge is 2.06. The monoisotopic (exact) mass is 238 g/mol. The van der Waals surface area contributed by atoms with Crippen LogP contribution in [-0.4, -0.2) is 4.98 Å². The summed E-state index contributed by atoms with van der Waals surface area (Å²) in [5, 5.41) is 2.09. The van der Waals surface area contributed by atoms with Crippen LogP contribution in [0.1, 0.15) is 0 Å². The molecule has 0 bridgehead atoms. The summed E-state index contributed by atoms with van der Waals surface area (Å²) in [6, 6.07) is 12.7. The topological polar surface area (TPSA) is 38.9 Å². The van der Waals surface area contributed by atoms with Gasteiger partial charge in [0.25, 0.3) is 0 Å². The molecule has 0 saturated heterocycles. The van der Waals surface area contributed by atoms with Gasteiger partial charge in [0, 0.05) is 17.8 Å². The van der Waals surface area contributed by atoms with E-state index in [4.69, 9.17) is 5.73 Å². The van der Waals surface area contributed by atoms with Gasteiger partial charge >= 0.3 is 0 Å². The molecule has 0 saturated carbocycles. The summed E-state index contributed by atoms with van der Waals surface area (Å²) in [6.45, 7) is 0. The van der Waals surface area contributed by atoms with Gasteiger partial charge in [-0.2, -0.15) is 0 Å². The first kappa shape index (κ1) is 10.7. The lowest BCUT2D eigenvalue weighted by Gasteiger charge is -2.07. The molecule has 2 N–H and O–H groups in total. The quantitative estimate of drug-likeness (QED) is 0.657. The molecule has 88 valence electrons. The Morgan fingerprint density at radius 2 is 1.94 bits per heavy atom. The Hall–Kier alpha value is -2.42. The molecule has 3 heteroatoms. The van der Waals surface area contributed by atoms with E-state index in [1.165, 1.54) is 6.07 Å². The maximum atomic E-state index is 13.5. The molecule has 18 heavy (non-hydrogen) atoms. The lowest BCUT2D eigenvalue weighted by molar-refractivity contribution is 0.633. The molecule has 0 aliphatic rings. The second-order valence-electron chi connectivity index (χ2n) is 4.14. The van der Waals surface area contributed by atoms with Crippen LogP contribution in [-0.2, 0) is 0 Å². The summed E-state index contributed by atoms with van der Waals surface area (Å²) in [6.07, 6.45) is 3.53. The zero-order valence-corrected chi connectivity index (χ0v) is 9.60. The predicted molar refractivity (Wildman–Crippen MR) is 71.5 cm³/mol. The maximum absolute atomic E-state index is 13.5. The van der Waals surface area contributed by atoms with Gasteiger partial charge in [-0.15, -0.1) is 0 Å². The number of aromatic nitrogens is 1. The summed E-state index contributed by atoms with van der Waals surface area (Å²) < 4.78 is 13.5. The van der Waals surface area contributed by atoms with Gasteiger partial charge in [0.15, 0.2) is 0 Å². The van der Waals surface area contributed by atoms with Gasteiger partial charge in [-0.05, 0) is 34.7 Å². The predicted octanol–water partition coefficient (Wildman–Crippen LogP) is 3.62. The van der Waals surface area contributed by atoms with Crippen LogP contribution in [0.3, 0.4) is 0 Å². The number of benzene rings is 2. The maximum Gasteiger partial charge on any atom is 0.146 e. The van der Waals surface area contributed by atoms with Crippen LogP contribution in [0.5, 0.6) is 0 Å². The number of anilines is 1. The Balaban J connectivity index is 2.28. The molecule has 0 spiro atoms. The van der Waals surface area contributed by atoms with E-state index >= 15 is 0 Å². The van der Waals surface area contributed by atoms with Crippen molar-refractivity contribution < 1.29 is 4.39 Å². The number of hydrogen-bond donors (Lipinski definition) is 1. The van der Waals surface area contributed by atoms with E-state index in [0.29, 0.717) is 0 Å². The van der Waals surface area contributed by atoms with Crippen molar-refractivity contribution in [3.05, 3.63) is 60.7 Å². The lowest BCUT2D eigenvalue weighted by atomic mass is 9.99. The zero-order valence-electron chi connectivity index (χ0n) is 9.60. The van der Waals surface area contributed by atoms with Crippen LogP contribution in [0, 0.1) is 5.82 Å². The number of halogens is 1. The van der Waals surface area contributed by atoms with Gasteiger partial charge in [-0.1, -0.05) is 24.3 Å². The highest BCUT2D eigenvalue weighted by molar-refractivity contribution is 5.96. The van der Waals surface area contributed by atoms with Crippen molar-refractivity contribution in [1.29, 1.82) is 0 Å². The minimum atomic E-state index is -0.390. The highest BCUT2D eigenvalue weighted by atomic mass is 19.1. The summed E-state index contributed by atoms with van der Waals surface area (Å²) in [5.41, 5.74) is 7.46. The second kappa shape index (κ2) is 4.11. The molecule has 1 aromatic heterocycles. The van der Waals surface area contributed by atoms with Gasteiger partial charge in [-0.3, -0.25) is 4.98 Å². The largest absolute Gasteiger partial charge is 0.396 e. The van der Waals surface area contributed by atoms with E-state index in [1.54, 1.807) is 18.5 Å². The molecular weight excluding hydrogens is 227 g/mol. The number of pyridine rings is 1. The summed E-state index contributed by atoms with van der Waals surface area (Å²) in [7, 11) is 0. The average molecular weight is 238 g/mol. The minimum Gasteiger partial charge on any atom is -0.396 e. The van der Waals surface area contributed by atoms with Crippen molar-refractivity contribution in [3.63, 3.8) is 0 Å². The smallest absolute Gasteiger partial charge is 0.146 e. The van der Waals surface area contributed by atoms with Crippen LogP contribution in [0.25, 0.3) is 21.9 Å². The first-order valence-electron chi connectivity index (χ1n) is 5.64. The molecule has 2 nitrogen and oxygen atoms in total. The van der Waals surface area contributed by atoms with Crippen LogP contribution in [0.4, 0.5) is 10.1 Å². The second-order valence-corrected chi connectivity index (χ2v) is 4.14. The zero-order chi connectivity index (χ0) is 12.5. The number of rotatable bonds is 1. The average Bonchev–Trinajstić information content (AvgIpc) is 2.41. The lowest BCUT2D eigenvalue weighted by Crippen LogP contribution is -1.91. The summed E-state index contributed by atoms with van der Waals surface area (Å²) in [4.78, 5) is 4.09. The third-order valence-corrected chi connectivity index (χ3v) is 2.99. The number of fused-ring (bicyclic) bond motifs is 1. The Morgan fingerprint density at radius 1 is 1.06 bits per heavy atom. The van der Waals surface area contributed by atoms with Gasteiger partial charge in [-0.25, -0.2) is 4.39 Å². The van der Waals surface area contributed by atoms with Crippen molar-refractivity contribution in [2.45, 2.75) is 0 Å². The van der Waals surface area contributed by atoms with Crippen LogP contribution >= 0.6 is 0 Å². The van der Waals surface area contributed by atoms with Crippen molar-refractivity contribution in [1.82, 2.24) is 4.98 Å². The molecule has 0 atom stereocenters. The molecule has 3 aromatic rings. The van der Waals surface area contributed by atoms with Crippen LogP contribution in [0.15, 0.2) is 54.9 Å². The standard InChI is InChI=1S/C15H11FN2/c16-14-8-10(4-5-15(14)17)12-3-1-2-11-9-18-7-6-13(11)12/h1-9H,17H2. The van der Waals surface area contributed by atoms with E-state index in [-0.39, 0.29) is 5.69 Å². The molecule has 0 radical (unpaired) electrons. The van der Waals surface area contributed by atoms with Crippen molar-refractivity contribution in [3.8, 4) is 11.1 Å². The van der Waals surface area contributed by atoms with E-state index < -0.39 is 5.82 Å². The molecule has 0 unspecified atom stereocenters. The fourth-order valence-corrected chi connectivity index (χ4v) is 2.07. The molecule has 2 aromatic carbocycles. The van der Waals surface area contributed by atoms with Crippen molar-refractivity contribution >= 4 is 16.5 Å². The fraction of sp³-hybridized carbons (Fsp3) is 0. The van der Waals surface area contributed by atoms with E-state index in [2.05, 4.69) is 4.98 Å². The Bertz CT molecular complexity index is 717. The normalized spacial score (nSPS) is 10.7. The Labute approximate surface area is 104 Å². The van der Waals surface area contributed by atoms with Gasteiger partial charge in [0.05, 0.1) is 5.69 Å². The molecular formula is C15H11FN2. The Kier molecular flexibility index (Phi) is 2.45. The van der Waals surface area contributed by atoms with Crippen LogP contribution < -0.4 is 5.73 Å². The third kappa shape index (κ3) is 1.70. The molecule has 3 rings (SSSR count). The third-order valence-electron chi connectivity index (χ3n) is 2.99. The number of nitrogens with zero attached hydrogens (tertiary/aromatic N) is 1. The highest BCUT2D eigenvalue weighted by Crippen LogP contribution is 2.29. The van der Waals surface area contributed by atoms with Crippen LogP contribution in [0.2, 0.25) is 0 Å². The molecule has 1 heterocycles. The number of hydrogen-bond acceptors (Lipinski definition) is 2. The molecule has 0 aliphatic heterocycles. The van der Waals surface area contributed by atoms with Gasteiger partial charge in [0.2, 0.25) is 0 Å². The minimum absolute atomic E-state index is 0.167. The van der Waals surface area contributed by atoms with E-state index in [9.17, 15) is 4.39 Å². The summed E-state index contributed by atoms with van der Waals surface area (Å²) in [5.74, 6) is -0.390. The van der Waals surface area contributed by atoms with E-state index in [1.807, 2.05) is 30.3 Å². The SMILES string of the molecule is Nc1ccc(-c2cccc3cnccc23)cc1F. The Morgan fingerprint density at radius 3 is 2.78 bits per heavy atom. The summed E-state index contributed by atoms with van der Waals surface area (Å²) >= 11 is 0. The molecule has 0 aliphatic carbocycles. The van der Waals surface area contributed by atoms with Crippen molar-refractivity contribution in [2.24, 2.45) is 0 Å². The number of nitrogens with two attached hydrogens (primary N) is 1. The van der Waals surface area contributed by atoms with Crippen molar-refractivity contribution in [2.75, 3.05) is 5.73 Å². The van der Waals surface area contributed by atoms with E-state index in [0.717, 1.165) is 21.9 Å².